The molecule has 1 unspecified atom stereocenters. The Hall–Kier alpha value is -1.11. The number of hydrogen-bond acceptors (Lipinski definition) is 1. The smallest absolute Gasteiger partial charge is 0.120 e. The number of aldehydes is 1. The van der Waals surface area contributed by atoms with Gasteiger partial charge >= 0.3 is 0 Å². The van der Waals surface area contributed by atoms with E-state index >= 15 is 0 Å². The lowest BCUT2D eigenvalue weighted by atomic mass is 9.98. The minimum atomic E-state index is 0.459. The molecular weight excluding hydrogens is 184 g/mol. The van der Waals surface area contributed by atoms with Gasteiger partial charge in [0.05, 0.1) is 0 Å². The van der Waals surface area contributed by atoms with E-state index in [1.807, 2.05) is 13.8 Å². The van der Waals surface area contributed by atoms with Gasteiger partial charge in [-0.3, -0.25) is 0 Å². The molecule has 84 valence electrons. The van der Waals surface area contributed by atoms with E-state index in [0.717, 1.165) is 12.7 Å². The van der Waals surface area contributed by atoms with Gasteiger partial charge in [-0.05, 0) is 24.8 Å². The van der Waals surface area contributed by atoms with Crippen LogP contribution < -0.4 is 0 Å². The van der Waals surface area contributed by atoms with Gasteiger partial charge in [0.1, 0.15) is 6.29 Å². The highest BCUT2D eigenvalue weighted by atomic mass is 16.1. The van der Waals surface area contributed by atoms with Crippen molar-refractivity contribution < 1.29 is 4.79 Å². The average molecular weight is 206 g/mol. The second-order valence-corrected chi connectivity index (χ2v) is 3.70. The predicted octanol–water partition coefficient (Wildman–Crippen LogP) is 3.79. The van der Waals surface area contributed by atoms with Crippen LogP contribution in [0.2, 0.25) is 0 Å². The van der Waals surface area contributed by atoms with E-state index < -0.39 is 0 Å². The monoisotopic (exact) mass is 206 g/mol. The molecule has 0 saturated carbocycles. The van der Waals surface area contributed by atoms with Crippen molar-refractivity contribution in [3.8, 4) is 0 Å². The van der Waals surface area contributed by atoms with Crippen LogP contribution in [-0.2, 0) is 11.2 Å². The summed E-state index contributed by atoms with van der Waals surface area (Å²) in [6.07, 6.45) is 2.66. The lowest BCUT2D eigenvalue weighted by molar-refractivity contribution is -0.108. The summed E-state index contributed by atoms with van der Waals surface area (Å²) in [5, 5.41) is 0. The summed E-state index contributed by atoms with van der Waals surface area (Å²) in [7, 11) is 0. The lowest BCUT2D eigenvalue weighted by Gasteiger charge is -2.07. The van der Waals surface area contributed by atoms with E-state index in [1.165, 1.54) is 11.1 Å². The van der Waals surface area contributed by atoms with Crippen LogP contribution in [0.3, 0.4) is 0 Å². The normalized spacial score (nSPS) is 11.2. The van der Waals surface area contributed by atoms with E-state index in [2.05, 4.69) is 38.1 Å². The molecule has 0 bridgehead atoms. The van der Waals surface area contributed by atoms with Crippen LogP contribution in [0.5, 0.6) is 0 Å². The Bertz CT molecular complexity index is 261. The minimum absolute atomic E-state index is 0.459. The summed E-state index contributed by atoms with van der Waals surface area (Å²) in [6.45, 7) is 8.19. The maximum absolute atomic E-state index is 10.3. The molecule has 1 rings (SSSR count). The maximum atomic E-state index is 10.3. The largest absolute Gasteiger partial charge is 0.303 e. The minimum Gasteiger partial charge on any atom is -0.303 e. The molecule has 1 heteroatoms. The molecule has 0 aliphatic heterocycles. The van der Waals surface area contributed by atoms with Crippen molar-refractivity contribution in [1.29, 1.82) is 0 Å². The van der Waals surface area contributed by atoms with Crippen LogP contribution in [0, 0.1) is 12.8 Å². The molecule has 0 amide bonds. The summed E-state index contributed by atoms with van der Waals surface area (Å²) >= 11 is 0. The zero-order chi connectivity index (χ0) is 11.7. The van der Waals surface area contributed by atoms with Crippen molar-refractivity contribution in [2.24, 2.45) is 5.92 Å². The van der Waals surface area contributed by atoms with Gasteiger partial charge in [0.2, 0.25) is 0 Å². The first-order chi connectivity index (χ1) is 7.22. The van der Waals surface area contributed by atoms with Gasteiger partial charge in [0.15, 0.2) is 0 Å². The van der Waals surface area contributed by atoms with Gasteiger partial charge in [-0.25, -0.2) is 0 Å². The van der Waals surface area contributed by atoms with E-state index in [4.69, 9.17) is 0 Å². The molecule has 0 aliphatic rings. The Morgan fingerprint density at radius 3 is 2.20 bits per heavy atom. The van der Waals surface area contributed by atoms with Crippen LogP contribution in [0.25, 0.3) is 0 Å². The molecule has 0 saturated heterocycles. The number of aryl methyl sites for hydroxylation is 1. The molecule has 1 atom stereocenters. The van der Waals surface area contributed by atoms with Gasteiger partial charge in [-0.2, -0.15) is 0 Å². The summed E-state index contributed by atoms with van der Waals surface area (Å²) in [6, 6.07) is 8.50. The first-order valence-electron chi connectivity index (χ1n) is 5.71. The van der Waals surface area contributed by atoms with Crippen LogP contribution in [-0.4, -0.2) is 6.29 Å². The Labute approximate surface area is 93.5 Å². The van der Waals surface area contributed by atoms with Crippen LogP contribution in [0.4, 0.5) is 0 Å². The van der Waals surface area contributed by atoms with Crippen molar-refractivity contribution >= 4 is 6.29 Å². The highest BCUT2D eigenvalue weighted by Gasteiger charge is 2.01. The van der Waals surface area contributed by atoms with E-state index in [1.54, 1.807) is 0 Å². The number of hydrogen-bond donors (Lipinski definition) is 0. The fourth-order valence-corrected chi connectivity index (χ4v) is 1.37. The van der Waals surface area contributed by atoms with Crippen LogP contribution in [0.1, 0.15) is 38.3 Å². The van der Waals surface area contributed by atoms with Crippen LogP contribution in [0.15, 0.2) is 24.3 Å². The second kappa shape index (κ2) is 8.22. The molecule has 1 aromatic rings. The molecule has 0 radical (unpaired) electrons. The third-order valence-electron chi connectivity index (χ3n) is 2.20. The molecular formula is C14H22O. The lowest BCUT2D eigenvalue weighted by Crippen LogP contribution is -2.00. The highest BCUT2D eigenvalue weighted by molar-refractivity contribution is 5.49. The van der Waals surface area contributed by atoms with Gasteiger partial charge in [-0.15, -0.1) is 0 Å². The number of benzene rings is 1. The third-order valence-corrected chi connectivity index (χ3v) is 2.20. The molecule has 1 aromatic carbocycles. The van der Waals surface area contributed by atoms with Gasteiger partial charge < -0.3 is 4.79 Å². The quantitative estimate of drug-likeness (QED) is 0.685. The molecule has 0 aliphatic carbocycles. The van der Waals surface area contributed by atoms with Gasteiger partial charge in [-0.1, -0.05) is 50.6 Å². The average Bonchev–Trinajstić information content (AvgIpc) is 2.25. The Balaban J connectivity index is 0.000000921. The third kappa shape index (κ3) is 6.05. The van der Waals surface area contributed by atoms with E-state index in [0.29, 0.717) is 12.3 Å². The maximum Gasteiger partial charge on any atom is 0.120 e. The van der Waals surface area contributed by atoms with Crippen LogP contribution >= 0.6 is 0 Å². The summed E-state index contributed by atoms with van der Waals surface area (Å²) < 4.78 is 0. The van der Waals surface area contributed by atoms with Crippen molar-refractivity contribution in [2.75, 3.05) is 0 Å². The molecule has 1 nitrogen and oxygen atoms in total. The molecule has 0 fully saturated rings. The van der Waals surface area contributed by atoms with Gasteiger partial charge in [0.25, 0.3) is 0 Å². The van der Waals surface area contributed by atoms with E-state index in [-0.39, 0.29) is 0 Å². The molecule has 0 aromatic heterocycles. The number of carbonyl (C=O) groups is 1. The first-order valence-corrected chi connectivity index (χ1v) is 5.71. The van der Waals surface area contributed by atoms with Crippen molar-refractivity contribution in [3.05, 3.63) is 35.4 Å². The molecule has 15 heavy (non-hydrogen) atoms. The second-order valence-electron chi connectivity index (χ2n) is 3.70. The number of carbonyl (C=O) groups excluding carboxylic acids is 1. The summed E-state index contributed by atoms with van der Waals surface area (Å²) in [4.78, 5) is 10.3. The zero-order valence-electron chi connectivity index (χ0n) is 10.3. The first kappa shape index (κ1) is 13.9. The number of rotatable bonds is 4. The molecule has 0 N–H and O–H groups in total. The van der Waals surface area contributed by atoms with E-state index in [9.17, 15) is 4.79 Å². The summed E-state index contributed by atoms with van der Waals surface area (Å²) in [5.41, 5.74) is 2.60. The fourth-order valence-electron chi connectivity index (χ4n) is 1.37. The standard InChI is InChI=1S/C12H16O.C2H6/c1-10-3-5-12(6-4-10)9-11(2)7-8-13;1-2/h3-6,8,11H,7,9H2,1-2H3;1-2H3. The Morgan fingerprint density at radius 2 is 1.73 bits per heavy atom. The zero-order valence-corrected chi connectivity index (χ0v) is 10.3. The molecule has 0 spiro atoms. The Kier molecular flexibility index (Phi) is 7.61. The summed E-state index contributed by atoms with van der Waals surface area (Å²) in [5.74, 6) is 0.459. The predicted molar refractivity (Wildman–Crippen MR) is 66.1 cm³/mol. The van der Waals surface area contributed by atoms with Crippen molar-refractivity contribution in [2.45, 2.75) is 40.5 Å². The van der Waals surface area contributed by atoms with Crippen molar-refractivity contribution in [3.63, 3.8) is 0 Å². The SMILES string of the molecule is CC.Cc1ccc(CC(C)CC=O)cc1. The Morgan fingerprint density at radius 1 is 1.20 bits per heavy atom. The van der Waals surface area contributed by atoms with Gasteiger partial charge in [0, 0.05) is 6.42 Å². The fraction of sp³-hybridized carbons (Fsp3) is 0.500. The van der Waals surface area contributed by atoms with Crippen molar-refractivity contribution in [1.82, 2.24) is 0 Å². The molecule has 0 heterocycles. The topological polar surface area (TPSA) is 17.1 Å². The highest BCUT2D eigenvalue weighted by Crippen LogP contribution is 2.11.